The average Bonchev–Trinajstić information content (AvgIpc) is 2.93. The fourth-order valence-corrected chi connectivity index (χ4v) is 2.23. The topological polar surface area (TPSA) is 122 Å². The number of nitriles is 1. The maximum Gasteiger partial charge on any atom is 0.305 e. The van der Waals surface area contributed by atoms with Gasteiger partial charge in [0.2, 0.25) is 0 Å². The number of nitrogens with two attached hydrogens (primary N) is 1. The number of amides is 1. The van der Waals surface area contributed by atoms with Gasteiger partial charge in [0.25, 0.3) is 5.91 Å². The van der Waals surface area contributed by atoms with Crippen LogP contribution in [0, 0.1) is 11.3 Å². The number of carbonyl (C=O) groups excluding carboxylic acids is 1. The summed E-state index contributed by atoms with van der Waals surface area (Å²) in [6.45, 7) is 0.148. The largest absolute Gasteiger partial charge is 0.481 e. The second kappa shape index (κ2) is 7.44. The van der Waals surface area contributed by atoms with Crippen molar-refractivity contribution in [3.8, 4) is 17.3 Å². The molecule has 0 spiro atoms. The third-order valence-corrected chi connectivity index (χ3v) is 3.36. The van der Waals surface area contributed by atoms with E-state index in [1.54, 1.807) is 36.5 Å². The molecule has 1 aromatic heterocycles. The van der Waals surface area contributed by atoms with Gasteiger partial charge in [0, 0.05) is 22.3 Å². The number of carboxylic acids is 1. The number of rotatable bonds is 6. The maximum atomic E-state index is 11.3. The van der Waals surface area contributed by atoms with Gasteiger partial charge < -0.3 is 10.8 Å². The molecule has 24 heavy (non-hydrogen) atoms. The molecule has 0 unspecified atom stereocenters. The molecule has 1 heterocycles. The van der Waals surface area contributed by atoms with Crippen molar-refractivity contribution in [1.29, 1.82) is 5.26 Å². The lowest BCUT2D eigenvalue weighted by atomic mass is 10.1. The number of benzene rings is 1. The summed E-state index contributed by atoms with van der Waals surface area (Å²) in [5, 5.41) is 22.6. The van der Waals surface area contributed by atoms with Crippen LogP contribution in [0.15, 0.2) is 36.0 Å². The molecule has 2 rings (SSSR count). The molecule has 122 valence electrons. The summed E-state index contributed by atoms with van der Waals surface area (Å²) in [5.41, 5.74) is 6.54. The first kappa shape index (κ1) is 17.2. The second-order valence-corrected chi connectivity index (χ2v) is 5.32. The highest BCUT2D eigenvalue weighted by molar-refractivity contribution is 6.30. The van der Waals surface area contributed by atoms with Crippen LogP contribution in [0.2, 0.25) is 5.02 Å². The summed E-state index contributed by atoms with van der Waals surface area (Å²) in [4.78, 5) is 22.0. The molecule has 0 fully saturated rings. The van der Waals surface area contributed by atoms with E-state index >= 15 is 0 Å². The third kappa shape index (κ3) is 4.21. The van der Waals surface area contributed by atoms with Gasteiger partial charge in [-0.05, 0) is 18.2 Å². The first-order valence-corrected chi connectivity index (χ1v) is 7.25. The fraction of sp³-hybridized carbons (Fsp3) is 0.125. The van der Waals surface area contributed by atoms with Crippen LogP contribution in [0.5, 0.6) is 0 Å². The number of primary amides is 1. The minimum absolute atomic E-state index is 0.110. The Kier molecular flexibility index (Phi) is 5.35. The lowest BCUT2D eigenvalue weighted by Gasteiger charge is -2.00. The summed E-state index contributed by atoms with van der Waals surface area (Å²) >= 11 is 5.99. The number of hydrogen-bond donors (Lipinski definition) is 2. The van der Waals surface area contributed by atoms with Gasteiger partial charge >= 0.3 is 5.97 Å². The number of aryl methyl sites for hydroxylation is 1. The van der Waals surface area contributed by atoms with Crippen molar-refractivity contribution in [1.82, 2.24) is 9.78 Å². The molecule has 1 amide bonds. The molecule has 3 N–H and O–H groups in total. The van der Waals surface area contributed by atoms with Crippen LogP contribution < -0.4 is 5.73 Å². The smallest absolute Gasteiger partial charge is 0.305 e. The molecule has 0 atom stereocenters. The predicted molar refractivity (Wildman–Crippen MR) is 87.7 cm³/mol. The Morgan fingerprint density at radius 1 is 1.46 bits per heavy atom. The van der Waals surface area contributed by atoms with Crippen molar-refractivity contribution in [2.75, 3.05) is 0 Å². The van der Waals surface area contributed by atoms with Crippen LogP contribution in [-0.4, -0.2) is 26.8 Å². The Balaban J connectivity index is 2.52. The molecule has 0 bridgehead atoms. The standard InChI is InChI=1S/C16H13ClN4O3/c17-13-3-1-2-10(7-13)15-12(6-11(8-18)16(19)24)9-21(20-15)5-4-14(22)23/h1-3,6-7,9H,4-5H2,(H2,19,24)(H,22,23)/b11-6+. The average molecular weight is 345 g/mol. The molecular weight excluding hydrogens is 332 g/mol. The predicted octanol–water partition coefficient (Wildman–Crippen LogP) is 2.07. The molecule has 0 aliphatic heterocycles. The van der Waals surface area contributed by atoms with E-state index in [2.05, 4.69) is 5.10 Å². The Morgan fingerprint density at radius 2 is 2.21 bits per heavy atom. The number of carboxylic acid groups (broad SMARTS) is 1. The van der Waals surface area contributed by atoms with Crippen LogP contribution in [0.4, 0.5) is 0 Å². The van der Waals surface area contributed by atoms with Crippen LogP contribution in [0.1, 0.15) is 12.0 Å². The van der Waals surface area contributed by atoms with Gasteiger partial charge in [-0.15, -0.1) is 0 Å². The van der Waals surface area contributed by atoms with Gasteiger partial charge in [0.05, 0.1) is 18.7 Å². The SMILES string of the molecule is N#C/C(=C\c1cn(CCC(=O)O)nc1-c1cccc(Cl)c1)C(N)=O. The molecule has 7 nitrogen and oxygen atoms in total. The Hall–Kier alpha value is -3.11. The molecule has 0 aliphatic rings. The zero-order valence-corrected chi connectivity index (χ0v) is 13.2. The molecule has 0 radical (unpaired) electrons. The summed E-state index contributed by atoms with van der Waals surface area (Å²) in [6.07, 6.45) is 2.77. The van der Waals surface area contributed by atoms with Gasteiger partial charge in [0.1, 0.15) is 11.6 Å². The first-order chi connectivity index (χ1) is 11.4. The third-order valence-electron chi connectivity index (χ3n) is 3.13. The van der Waals surface area contributed by atoms with E-state index in [4.69, 9.17) is 27.7 Å². The molecule has 0 saturated heterocycles. The summed E-state index contributed by atoms with van der Waals surface area (Å²) in [7, 11) is 0. The van der Waals surface area contributed by atoms with E-state index < -0.39 is 11.9 Å². The number of aromatic nitrogens is 2. The monoisotopic (exact) mass is 344 g/mol. The molecule has 0 aliphatic carbocycles. The van der Waals surface area contributed by atoms with E-state index in [1.165, 1.54) is 10.8 Å². The minimum atomic E-state index is -0.957. The fourth-order valence-electron chi connectivity index (χ4n) is 2.04. The highest BCUT2D eigenvalue weighted by Gasteiger charge is 2.13. The molecule has 1 aromatic carbocycles. The summed E-state index contributed by atoms with van der Waals surface area (Å²) < 4.78 is 1.44. The van der Waals surface area contributed by atoms with Crippen LogP contribution in [0.25, 0.3) is 17.3 Å². The number of nitrogens with zero attached hydrogens (tertiary/aromatic N) is 3. The zero-order chi connectivity index (χ0) is 17.7. The Labute approximate surface area is 142 Å². The van der Waals surface area contributed by atoms with Gasteiger partial charge in [-0.25, -0.2) is 0 Å². The number of aliphatic carboxylic acids is 1. The van der Waals surface area contributed by atoms with E-state index in [-0.39, 0.29) is 18.5 Å². The molecular formula is C16H13ClN4O3. The number of halogens is 1. The van der Waals surface area contributed by atoms with Crippen LogP contribution >= 0.6 is 11.6 Å². The number of carbonyl (C=O) groups is 2. The Bertz CT molecular complexity index is 864. The van der Waals surface area contributed by atoms with Crippen molar-refractivity contribution < 1.29 is 14.7 Å². The first-order valence-electron chi connectivity index (χ1n) is 6.87. The zero-order valence-electron chi connectivity index (χ0n) is 12.4. The quantitative estimate of drug-likeness (QED) is 0.613. The van der Waals surface area contributed by atoms with Crippen molar-refractivity contribution in [3.05, 3.63) is 46.6 Å². The van der Waals surface area contributed by atoms with E-state index in [0.717, 1.165) is 0 Å². The summed E-state index contributed by atoms with van der Waals surface area (Å²) in [5.74, 6) is -1.81. The lowest BCUT2D eigenvalue weighted by Crippen LogP contribution is -2.12. The lowest BCUT2D eigenvalue weighted by molar-refractivity contribution is -0.137. The maximum absolute atomic E-state index is 11.3. The van der Waals surface area contributed by atoms with Crippen molar-refractivity contribution in [2.45, 2.75) is 13.0 Å². The van der Waals surface area contributed by atoms with Gasteiger partial charge in [-0.2, -0.15) is 10.4 Å². The van der Waals surface area contributed by atoms with Crippen LogP contribution in [0.3, 0.4) is 0 Å². The minimum Gasteiger partial charge on any atom is -0.481 e. The second-order valence-electron chi connectivity index (χ2n) is 4.88. The highest BCUT2D eigenvalue weighted by atomic mass is 35.5. The normalized spacial score (nSPS) is 11.1. The van der Waals surface area contributed by atoms with Crippen molar-refractivity contribution in [2.24, 2.45) is 5.73 Å². The van der Waals surface area contributed by atoms with Gasteiger partial charge in [-0.3, -0.25) is 14.3 Å². The van der Waals surface area contributed by atoms with Crippen molar-refractivity contribution >= 4 is 29.6 Å². The van der Waals surface area contributed by atoms with Crippen LogP contribution in [-0.2, 0) is 16.1 Å². The van der Waals surface area contributed by atoms with E-state index in [0.29, 0.717) is 21.8 Å². The number of hydrogen-bond acceptors (Lipinski definition) is 4. The highest BCUT2D eigenvalue weighted by Crippen LogP contribution is 2.26. The van der Waals surface area contributed by atoms with Gasteiger partial charge in [0.15, 0.2) is 0 Å². The summed E-state index contributed by atoms with van der Waals surface area (Å²) in [6, 6.07) is 8.61. The molecule has 8 heteroatoms. The Morgan fingerprint density at radius 3 is 2.79 bits per heavy atom. The van der Waals surface area contributed by atoms with Crippen molar-refractivity contribution in [3.63, 3.8) is 0 Å². The van der Waals surface area contributed by atoms with E-state index in [9.17, 15) is 9.59 Å². The van der Waals surface area contributed by atoms with Gasteiger partial charge in [-0.1, -0.05) is 23.7 Å². The van der Waals surface area contributed by atoms with E-state index in [1.807, 2.05) is 0 Å². The molecule has 2 aromatic rings. The molecule has 0 saturated carbocycles.